The van der Waals surface area contributed by atoms with Crippen molar-refractivity contribution in [2.75, 3.05) is 13.2 Å². The third-order valence-corrected chi connectivity index (χ3v) is 4.08. The van der Waals surface area contributed by atoms with Crippen molar-refractivity contribution in [2.45, 2.75) is 6.04 Å². The Morgan fingerprint density at radius 2 is 1.96 bits per heavy atom. The predicted octanol–water partition coefficient (Wildman–Crippen LogP) is 3.10. The summed E-state index contributed by atoms with van der Waals surface area (Å²) in [6, 6.07) is 12.2. The first-order valence-electron chi connectivity index (χ1n) is 7.46. The summed E-state index contributed by atoms with van der Waals surface area (Å²) in [6.07, 6.45) is 1.85. The number of nitrogens with one attached hydrogen (secondary N) is 2. The SMILES string of the molecule is O=C(NC1COC1)c1ccc(-c2c[nH]c3cc(F)ccc23)cc1. The van der Waals surface area contributed by atoms with Gasteiger partial charge in [0.1, 0.15) is 5.82 Å². The molecule has 5 heteroatoms. The molecule has 2 heterocycles. The molecule has 0 aliphatic carbocycles. The quantitative estimate of drug-likeness (QED) is 0.781. The van der Waals surface area contributed by atoms with Gasteiger partial charge in [0.2, 0.25) is 0 Å². The van der Waals surface area contributed by atoms with E-state index in [0.29, 0.717) is 18.8 Å². The smallest absolute Gasteiger partial charge is 0.251 e. The Balaban J connectivity index is 1.60. The van der Waals surface area contributed by atoms with Gasteiger partial charge in [-0.3, -0.25) is 4.79 Å². The number of hydrogen-bond donors (Lipinski definition) is 2. The van der Waals surface area contributed by atoms with Crippen LogP contribution in [0.3, 0.4) is 0 Å². The van der Waals surface area contributed by atoms with Gasteiger partial charge < -0.3 is 15.0 Å². The van der Waals surface area contributed by atoms with Crippen LogP contribution in [-0.2, 0) is 4.74 Å². The van der Waals surface area contributed by atoms with Crippen molar-refractivity contribution in [2.24, 2.45) is 0 Å². The van der Waals surface area contributed by atoms with Crippen LogP contribution in [0.1, 0.15) is 10.4 Å². The first-order chi connectivity index (χ1) is 11.2. The number of ether oxygens (including phenoxy) is 1. The zero-order valence-corrected chi connectivity index (χ0v) is 12.3. The lowest BCUT2D eigenvalue weighted by molar-refractivity contribution is -0.00346. The van der Waals surface area contributed by atoms with E-state index in [1.807, 2.05) is 18.3 Å². The van der Waals surface area contributed by atoms with Crippen LogP contribution in [0.2, 0.25) is 0 Å². The van der Waals surface area contributed by atoms with Gasteiger partial charge in [0.05, 0.1) is 19.3 Å². The van der Waals surface area contributed by atoms with Crippen LogP contribution < -0.4 is 5.32 Å². The predicted molar refractivity (Wildman–Crippen MR) is 85.8 cm³/mol. The Morgan fingerprint density at radius 3 is 2.65 bits per heavy atom. The highest BCUT2D eigenvalue weighted by Crippen LogP contribution is 2.29. The van der Waals surface area contributed by atoms with Gasteiger partial charge in [-0.2, -0.15) is 0 Å². The van der Waals surface area contributed by atoms with Crippen molar-refractivity contribution in [3.05, 3.63) is 60.0 Å². The highest BCUT2D eigenvalue weighted by Gasteiger charge is 2.20. The maximum Gasteiger partial charge on any atom is 0.251 e. The van der Waals surface area contributed by atoms with E-state index in [0.717, 1.165) is 22.0 Å². The zero-order valence-electron chi connectivity index (χ0n) is 12.3. The van der Waals surface area contributed by atoms with E-state index in [2.05, 4.69) is 10.3 Å². The summed E-state index contributed by atoms with van der Waals surface area (Å²) in [7, 11) is 0. The van der Waals surface area contributed by atoms with Gasteiger partial charge in [-0.25, -0.2) is 4.39 Å². The number of aromatic amines is 1. The van der Waals surface area contributed by atoms with Gasteiger partial charge in [-0.05, 0) is 35.9 Å². The molecule has 116 valence electrons. The average Bonchev–Trinajstić information content (AvgIpc) is 2.93. The van der Waals surface area contributed by atoms with E-state index >= 15 is 0 Å². The molecule has 0 spiro atoms. The summed E-state index contributed by atoms with van der Waals surface area (Å²) in [4.78, 5) is 15.2. The fourth-order valence-corrected chi connectivity index (χ4v) is 2.73. The van der Waals surface area contributed by atoms with Crippen molar-refractivity contribution in [1.82, 2.24) is 10.3 Å². The lowest BCUT2D eigenvalue weighted by Gasteiger charge is -2.26. The standard InChI is InChI=1S/C18H15FN2O2/c19-13-5-6-15-16(8-20-17(15)7-13)11-1-3-12(4-2-11)18(22)21-14-9-23-10-14/h1-8,14,20H,9-10H2,(H,21,22). The topological polar surface area (TPSA) is 54.1 Å². The molecule has 1 aliphatic heterocycles. The first kappa shape index (κ1) is 14.0. The lowest BCUT2D eigenvalue weighted by atomic mass is 10.0. The minimum absolute atomic E-state index is 0.0918. The summed E-state index contributed by atoms with van der Waals surface area (Å²) in [6.45, 7) is 1.16. The lowest BCUT2D eigenvalue weighted by Crippen LogP contribution is -2.48. The number of carbonyl (C=O) groups is 1. The number of amides is 1. The largest absolute Gasteiger partial charge is 0.377 e. The molecule has 1 saturated heterocycles. The minimum Gasteiger partial charge on any atom is -0.377 e. The minimum atomic E-state index is -0.266. The van der Waals surface area contributed by atoms with Crippen molar-refractivity contribution in [1.29, 1.82) is 0 Å². The second kappa shape index (κ2) is 5.52. The van der Waals surface area contributed by atoms with E-state index in [1.165, 1.54) is 12.1 Å². The Hall–Kier alpha value is -2.66. The van der Waals surface area contributed by atoms with Crippen LogP contribution >= 0.6 is 0 Å². The van der Waals surface area contributed by atoms with Crippen LogP contribution in [0.15, 0.2) is 48.7 Å². The number of rotatable bonds is 3. The number of hydrogen-bond acceptors (Lipinski definition) is 2. The second-order valence-electron chi connectivity index (χ2n) is 5.68. The molecule has 1 fully saturated rings. The molecular formula is C18H15FN2O2. The average molecular weight is 310 g/mol. The molecule has 0 bridgehead atoms. The van der Waals surface area contributed by atoms with Crippen molar-refractivity contribution in [3.63, 3.8) is 0 Å². The van der Waals surface area contributed by atoms with Gasteiger partial charge in [0.25, 0.3) is 5.91 Å². The van der Waals surface area contributed by atoms with Crippen LogP contribution in [-0.4, -0.2) is 30.1 Å². The van der Waals surface area contributed by atoms with Crippen molar-refractivity contribution < 1.29 is 13.9 Å². The third-order valence-electron chi connectivity index (χ3n) is 4.08. The molecular weight excluding hydrogens is 295 g/mol. The number of fused-ring (bicyclic) bond motifs is 1. The van der Waals surface area contributed by atoms with Gasteiger partial charge in [0.15, 0.2) is 0 Å². The van der Waals surface area contributed by atoms with E-state index < -0.39 is 0 Å². The number of carbonyl (C=O) groups excluding carboxylic acids is 1. The number of H-pyrrole nitrogens is 1. The summed E-state index contributed by atoms with van der Waals surface area (Å²) < 4.78 is 18.3. The van der Waals surface area contributed by atoms with E-state index in [-0.39, 0.29) is 17.8 Å². The summed E-state index contributed by atoms with van der Waals surface area (Å²) in [5, 5.41) is 3.86. The fraction of sp³-hybridized carbons (Fsp3) is 0.167. The molecule has 0 saturated carbocycles. The molecule has 23 heavy (non-hydrogen) atoms. The van der Waals surface area contributed by atoms with Crippen LogP contribution in [0.4, 0.5) is 4.39 Å². The Kier molecular flexibility index (Phi) is 3.35. The van der Waals surface area contributed by atoms with E-state index in [1.54, 1.807) is 18.2 Å². The van der Waals surface area contributed by atoms with Crippen molar-refractivity contribution >= 4 is 16.8 Å². The van der Waals surface area contributed by atoms with Gasteiger partial charge in [-0.15, -0.1) is 0 Å². The Morgan fingerprint density at radius 1 is 1.17 bits per heavy atom. The third kappa shape index (κ3) is 2.59. The number of halogens is 1. The molecule has 0 unspecified atom stereocenters. The Labute approximate surface area is 132 Å². The molecule has 2 N–H and O–H groups in total. The van der Waals surface area contributed by atoms with Crippen LogP contribution in [0, 0.1) is 5.82 Å². The first-order valence-corrected chi connectivity index (χ1v) is 7.46. The summed E-state index contributed by atoms with van der Waals surface area (Å²) in [5.41, 5.74) is 3.34. The highest BCUT2D eigenvalue weighted by molar-refractivity contribution is 5.97. The molecule has 4 rings (SSSR count). The number of benzene rings is 2. The van der Waals surface area contributed by atoms with E-state index in [9.17, 15) is 9.18 Å². The fourth-order valence-electron chi connectivity index (χ4n) is 2.73. The molecule has 4 nitrogen and oxygen atoms in total. The molecule has 1 amide bonds. The molecule has 1 aromatic heterocycles. The molecule has 2 aromatic carbocycles. The Bertz CT molecular complexity index is 866. The molecule has 3 aromatic rings. The normalized spacial score (nSPS) is 14.7. The van der Waals surface area contributed by atoms with Gasteiger partial charge in [-0.1, -0.05) is 12.1 Å². The van der Waals surface area contributed by atoms with Crippen molar-refractivity contribution in [3.8, 4) is 11.1 Å². The van der Waals surface area contributed by atoms with Crippen LogP contribution in [0.5, 0.6) is 0 Å². The molecule has 0 atom stereocenters. The van der Waals surface area contributed by atoms with Crippen LogP contribution in [0.25, 0.3) is 22.0 Å². The second-order valence-corrected chi connectivity index (χ2v) is 5.68. The summed E-state index contributed by atoms with van der Waals surface area (Å²) >= 11 is 0. The summed E-state index contributed by atoms with van der Waals surface area (Å²) in [5.74, 6) is -0.358. The monoisotopic (exact) mass is 310 g/mol. The zero-order chi connectivity index (χ0) is 15.8. The highest BCUT2D eigenvalue weighted by atomic mass is 19.1. The molecule has 0 radical (unpaired) electrons. The van der Waals surface area contributed by atoms with Gasteiger partial charge >= 0.3 is 0 Å². The van der Waals surface area contributed by atoms with Gasteiger partial charge in [0, 0.05) is 28.2 Å². The number of aromatic nitrogens is 1. The molecule has 1 aliphatic rings. The van der Waals surface area contributed by atoms with E-state index in [4.69, 9.17) is 4.74 Å². The maximum absolute atomic E-state index is 13.3. The maximum atomic E-state index is 13.3.